The van der Waals surface area contributed by atoms with Gasteiger partial charge in [0.25, 0.3) is 0 Å². The molecule has 0 spiro atoms. The van der Waals surface area contributed by atoms with Gasteiger partial charge in [-0.3, -0.25) is 0 Å². The maximum absolute atomic E-state index is 13.6. The molecule has 0 saturated heterocycles. The van der Waals surface area contributed by atoms with Crippen molar-refractivity contribution in [1.82, 2.24) is 9.97 Å². The van der Waals surface area contributed by atoms with Crippen molar-refractivity contribution in [1.29, 1.82) is 0 Å². The molecular weight excluding hydrogens is 311 g/mol. The van der Waals surface area contributed by atoms with Crippen LogP contribution in [0.3, 0.4) is 0 Å². The number of benzene rings is 3. The SMILES string of the molecule is Fc1cc(-c2ccc(-c3nc4ccccc4[nH]3)cc2)ccc1Cl. The second-order valence-electron chi connectivity index (χ2n) is 5.31. The van der Waals surface area contributed by atoms with Crippen LogP contribution in [0, 0.1) is 5.82 Å². The van der Waals surface area contributed by atoms with Crippen molar-refractivity contribution in [2.24, 2.45) is 0 Å². The Morgan fingerprint density at radius 3 is 2.26 bits per heavy atom. The minimum atomic E-state index is -0.412. The van der Waals surface area contributed by atoms with Gasteiger partial charge in [-0.25, -0.2) is 9.37 Å². The molecule has 1 N–H and O–H groups in total. The largest absolute Gasteiger partial charge is 0.338 e. The van der Waals surface area contributed by atoms with Gasteiger partial charge in [-0.05, 0) is 35.4 Å². The Balaban J connectivity index is 1.71. The average molecular weight is 323 g/mol. The van der Waals surface area contributed by atoms with E-state index in [1.807, 2.05) is 54.6 Å². The molecule has 0 atom stereocenters. The molecule has 4 aromatic rings. The molecule has 0 aliphatic carbocycles. The first kappa shape index (κ1) is 14.0. The third kappa shape index (κ3) is 2.60. The average Bonchev–Trinajstić information content (AvgIpc) is 3.02. The second-order valence-corrected chi connectivity index (χ2v) is 5.72. The summed E-state index contributed by atoms with van der Waals surface area (Å²) in [5.41, 5.74) is 4.65. The van der Waals surface area contributed by atoms with Crippen molar-refractivity contribution in [3.63, 3.8) is 0 Å². The van der Waals surface area contributed by atoms with E-state index >= 15 is 0 Å². The quantitative estimate of drug-likeness (QED) is 0.504. The number of imidazole rings is 1. The lowest BCUT2D eigenvalue weighted by molar-refractivity contribution is 0.629. The highest BCUT2D eigenvalue weighted by atomic mass is 35.5. The van der Waals surface area contributed by atoms with Gasteiger partial charge < -0.3 is 4.98 Å². The van der Waals surface area contributed by atoms with Crippen molar-refractivity contribution in [3.8, 4) is 22.5 Å². The van der Waals surface area contributed by atoms with E-state index in [4.69, 9.17) is 11.6 Å². The molecule has 0 bridgehead atoms. The van der Waals surface area contributed by atoms with Gasteiger partial charge >= 0.3 is 0 Å². The van der Waals surface area contributed by atoms with E-state index in [1.165, 1.54) is 6.07 Å². The Morgan fingerprint density at radius 1 is 0.826 bits per heavy atom. The molecule has 4 rings (SSSR count). The number of aromatic amines is 1. The van der Waals surface area contributed by atoms with Crippen molar-refractivity contribution >= 4 is 22.6 Å². The summed E-state index contributed by atoms with van der Waals surface area (Å²) in [7, 11) is 0. The molecule has 1 heterocycles. The van der Waals surface area contributed by atoms with Crippen molar-refractivity contribution in [3.05, 3.63) is 77.6 Å². The Bertz CT molecular complexity index is 957. The number of para-hydroxylation sites is 2. The van der Waals surface area contributed by atoms with Crippen LogP contribution < -0.4 is 0 Å². The number of H-pyrrole nitrogens is 1. The third-order valence-corrected chi connectivity index (χ3v) is 4.11. The highest BCUT2D eigenvalue weighted by Gasteiger charge is 2.07. The van der Waals surface area contributed by atoms with Gasteiger partial charge in [-0.2, -0.15) is 0 Å². The molecule has 0 saturated carbocycles. The monoisotopic (exact) mass is 322 g/mol. The van der Waals surface area contributed by atoms with Crippen LogP contribution in [-0.2, 0) is 0 Å². The lowest BCUT2D eigenvalue weighted by Crippen LogP contribution is -1.84. The molecule has 0 amide bonds. The van der Waals surface area contributed by atoms with E-state index in [-0.39, 0.29) is 5.02 Å². The van der Waals surface area contributed by atoms with Gasteiger partial charge in [0.1, 0.15) is 11.6 Å². The van der Waals surface area contributed by atoms with Gasteiger partial charge in [-0.1, -0.05) is 54.1 Å². The molecule has 2 nitrogen and oxygen atoms in total. The van der Waals surface area contributed by atoms with Gasteiger partial charge in [0.2, 0.25) is 0 Å². The number of aromatic nitrogens is 2. The predicted octanol–water partition coefficient (Wildman–Crippen LogP) is 5.69. The van der Waals surface area contributed by atoms with E-state index in [9.17, 15) is 4.39 Å². The van der Waals surface area contributed by atoms with Crippen LogP contribution in [0.5, 0.6) is 0 Å². The second kappa shape index (κ2) is 5.52. The lowest BCUT2D eigenvalue weighted by atomic mass is 10.0. The molecule has 23 heavy (non-hydrogen) atoms. The summed E-state index contributed by atoms with van der Waals surface area (Å²) in [6.07, 6.45) is 0. The number of rotatable bonds is 2. The maximum Gasteiger partial charge on any atom is 0.142 e. The van der Waals surface area contributed by atoms with Crippen LogP contribution in [0.1, 0.15) is 0 Å². The number of fused-ring (bicyclic) bond motifs is 1. The fourth-order valence-corrected chi connectivity index (χ4v) is 2.70. The van der Waals surface area contributed by atoms with E-state index < -0.39 is 5.82 Å². The number of halogens is 2. The van der Waals surface area contributed by atoms with E-state index in [0.717, 1.165) is 33.5 Å². The number of nitrogens with one attached hydrogen (secondary N) is 1. The predicted molar refractivity (Wildman–Crippen MR) is 91.9 cm³/mol. The molecule has 0 unspecified atom stereocenters. The van der Waals surface area contributed by atoms with Crippen LogP contribution in [0.4, 0.5) is 4.39 Å². The van der Waals surface area contributed by atoms with Gasteiger partial charge in [0.15, 0.2) is 0 Å². The Morgan fingerprint density at radius 2 is 1.52 bits per heavy atom. The summed E-state index contributed by atoms with van der Waals surface area (Å²) in [6, 6.07) is 20.6. The molecular formula is C19H12ClFN2. The Kier molecular flexibility index (Phi) is 3.36. The van der Waals surface area contributed by atoms with Crippen LogP contribution in [-0.4, -0.2) is 9.97 Å². The van der Waals surface area contributed by atoms with Crippen LogP contribution in [0.2, 0.25) is 5.02 Å². The van der Waals surface area contributed by atoms with Gasteiger partial charge in [-0.15, -0.1) is 0 Å². The smallest absolute Gasteiger partial charge is 0.142 e. The maximum atomic E-state index is 13.6. The highest BCUT2D eigenvalue weighted by molar-refractivity contribution is 6.30. The van der Waals surface area contributed by atoms with Crippen LogP contribution >= 0.6 is 11.6 Å². The molecule has 0 aliphatic rings. The standard InChI is InChI=1S/C19H12ClFN2/c20-15-10-9-14(11-16(15)21)12-5-7-13(8-6-12)19-22-17-3-1-2-4-18(17)23-19/h1-11H,(H,22,23). The summed E-state index contributed by atoms with van der Waals surface area (Å²) in [5.74, 6) is 0.408. The highest BCUT2D eigenvalue weighted by Crippen LogP contribution is 2.27. The minimum absolute atomic E-state index is 0.132. The third-order valence-electron chi connectivity index (χ3n) is 3.80. The summed E-state index contributed by atoms with van der Waals surface area (Å²) < 4.78 is 13.6. The van der Waals surface area contributed by atoms with Crippen LogP contribution in [0.15, 0.2) is 66.7 Å². The molecule has 0 aliphatic heterocycles. The van der Waals surface area contributed by atoms with Gasteiger partial charge in [0.05, 0.1) is 16.1 Å². The number of hydrogen-bond donors (Lipinski definition) is 1. The zero-order chi connectivity index (χ0) is 15.8. The van der Waals surface area contributed by atoms with Gasteiger partial charge in [0, 0.05) is 5.56 Å². The first-order valence-corrected chi connectivity index (χ1v) is 7.59. The molecule has 3 aromatic carbocycles. The molecule has 1 aromatic heterocycles. The van der Waals surface area contributed by atoms with Crippen molar-refractivity contribution in [2.45, 2.75) is 0 Å². The topological polar surface area (TPSA) is 28.7 Å². The molecule has 112 valence electrons. The van der Waals surface area contributed by atoms with Crippen LogP contribution in [0.25, 0.3) is 33.5 Å². The van der Waals surface area contributed by atoms with E-state index in [1.54, 1.807) is 6.07 Å². The van der Waals surface area contributed by atoms with Crippen molar-refractivity contribution < 1.29 is 4.39 Å². The summed E-state index contributed by atoms with van der Waals surface area (Å²) in [6.45, 7) is 0. The zero-order valence-electron chi connectivity index (χ0n) is 12.1. The number of hydrogen-bond acceptors (Lipinski definition) is 1. The first-order valence-electron chi connectivity index (χ1n) is 7.21. The minimum Gasteiger partial charge on any atom is -0.338 e. The Hall–Kier alpha value is -2.65. The molecule has 0 radical (unpaired) electrons. The first-order chi connectivity index (χ1) is 11.2. The zero-order valence-corrected chi connectivity index (χ0v) is 12.8. The molecule has 0 fully saturated rings. The normalized spacial score (nSPS) is 11.0. The Labute approximate surface area is 137 Å². The van der Waals surface area contributed by atoms with E-state index in [2.05, 4.69) is 9.97 Å². The number of nitrogens with zero attached hydrogens (tertiary/aromatic N) is 1. The fourth-order valence-electron chi connectivity index (χ4n) is 2.59. The summed E-state index contributed by atoms with van der Waals surface area (Å²) in [4.78, 5) is 7.88. The fraction of sp³-hybridized carbons (Fsp3) is 0. The summed E-state index contributed by atoms with van der Waals surface area (Å²) in [5, 5.41) is 0.132. The van der Waals surface area contributed by atoms with E-state index in [0.29, 0.717) is 0 Å². The lowest BCUT2D eigenvalue weighted by Gasteiger charge is -2.04. The van der Waals surface area contributed by atoms with Crippen molar-refractivity contribution in [2.75, 3.05) is 0 Å². The molecule has 4 heteroatoms. The summed E-state index contributed by atoms with van der Waals surface area (Å²) >= 11 is 5.72.